The maximum Gasteiger partial charge on any atom is 0.353 e. The first-order valence-electron chi connectivity index (χ1n) is 8.89. The fraction of sp³-hybridized carbons (Fsp3) is 0.0476. The summed E-state index contributed by atoms with van der Waals surface area (Å²) in [6.45, 7) is 0. The number of hydrazone groups is 1. The number of ether oxygens (including phenoxy) is 1. The second-order valence-electron chi connectivity index (χ2n) is 6.26. The van der Waals surface area contributed by atoms with E-state index in [2.05, 4.69) is 15.5 Å². The van der Waals surface area contributed by atoms with Gasteiger partial charge in [0.1, 0.15) is 10.6 Å². The maximum absolute atomic E-state index is 12.1. The van der Waals surface area contributed by atoms with Crippen molar-refractivity contribution in [3.8, 4) is 5.75 Å². The molecule has 0 saturated heterocycles. The number of hydrogen-bond donors (Lipinski definition) is 2. The van der Waals surface area contributed by atoms with Crippen molar-refractivity contribution in [2.75, 3.05) is 5.73 Å². The van der Waals surface area contributed by atoms with E-state index in [9.17, 15) is 9.59 Å². The third-order valence-corrected chi connectivity index (χ3v) is 5.75. The van der Waals surface area contributed by atoms with Crippen molar-refractivity contribution in [2.24, 2.45) is 5.10 Å². The summed E-state index contributed by atoms with van der Waals surface area (Å²) in [6, 6.07) is 15.9. The Morgan fingerprint density at radius 2 is 2.00 bits per heavy atom. The smallest absolute Gasteiger partial charge is 0.353 e. The van der Waals surface area contributed by atoms with Gasteiger partial charge in [-0.05, 0) is 59.0 Å². The van der Waals surface area contributed by atoms with E-state index in [0.717, 1.165) is 21.3 Å². The van der Waals surface area contributed by atoms with E-state index < -0.39 is 5.97 Å². The molecule has 0 atom stereocenters. The second-order valence-corrected chi connectivity index (χ2v) is 8.27. The number of thiazole rings is 1. The highest BCUT2D eigenvalue weighted by molar-refractivity contribution is 7.22. The number of nitrogen functional groups attached to an aromatic ring is 1. The zero-order valence-electron chi connectivity index (χ0n) is 15.6. The van der Waals surface area contributed by atoms with Crippen LogP contribution in [0.25, 0.3) is 10.2 Å². The van der Waals surface area contributed by atoms with Gasteiger partial charge >= 0.3 is 5.97 Å². The lowest BCUT2D eigenvalue weighted by Gasteiger charge is -2.03. The van der Waals surface area contributed by atoms with Gasteiger partial charge in [-0.15, -0.1) is 11.3 Å². The Balaban J connectivity index is 1.30. The first-order chi connectivity index (χ1) is 14.6. The Morgan fingerprint density at radius 1 is 1.17 bits per heavy atom. The Hall–Kier alpha value is -3.56. The number of nitrogens with one attached hydrogen (secondary N) is 1. The van der Waals surface area contributed by atoms with E-state index >= 15 is 0 Å². The third-order valence-electron chi connectivity index (χ3n) is 4.05. The van der Waals surface area contributed by atoms with Crippen LogP contribution in [0.1, 0.15) is 20.8 Å². The van der Waals surface area contributed by atoms with E-state index in [1.54, 1.807) is 36.4 Å². The van der Waals surface area contributed by atoms with Crippen LogP contribution in [-0.4, -0.2) is 23.1 Å². The Bertz CT molecular complexity index is 1220. The summed E-state index contributed by atoms with van der Waals surface area (Å²) in [4.78, 5) is 28.8. The van der Waals surface area contributed by atoms with Gasteiger partial charge in [0.25, 0.3) is 0 Å². The van der Waals surface area contributed by atoms with Gasteiger partial charge < -0.3 is 10.5 Å². The van der Waals surface area contributed by atoms with Crippen LogP contribution >= 0.6 is 22.7 Å². The summed E-state index contributed by atoms with van der Waals surface area (Å²) >= 11 is 2.71. The van der Waals surface area contributed by atoms with Gasteiger partial charge in [0.05, 0.1) is 22.9 Å². The van der Waals surface area contributed by atoms with Crippen LogP contribution < -0.4 is 15.9 Å². The number of amides is 1. The van der Waals surface area contributed by atoms with E-state index in [1.807, 2.05) is 23.6 Å². The number of hydrogen-bond acceptors (Lipinski definition) is 8. The number of nitrogens with two attached hydrogens (primary N) is 1. The summed E-state index contributed by atoms with van der Waals surface area (Å²) in [6.07, 6.45) is 1.72. The lowest BCUT2D eigenvalue weighted by molar-refractivity contribution is -0.120. The number of anilines is 1. The van der Waals surface area contributed by atoms with E-state index in [4.69, 9.17) is 10.5 Å². The SMILES string of the molecule is Nc1nc2ccc(CC(=O)N/N=C\c3ccc(OC(=O)c4cccs4)cc3)cc2s1. The Morgan fingerprint density at radius 3 is 2.77 bits per heavy atom. The highest BCUT2D eigenvalue weighted by Gasteiger charge is 2.09. The van der Waals surface area contributed by atoms with Crippen LogP contribution in [0, 0.1) is 0 Å². The summed E-state index contributed by atoms with van der Waals surface area (Å²) in [7, 11) is 0. The summed E-state index contributed by atoms with van der Waals surface area (Å²) in [5.74, 6) is -0.184. The number of thiophene rings is 1. The molecule has 0 bridgehead atoms. The quantitative estimate of drug-likeness (QED) is 0.207. The number of rotatable bonds is 6. The molecule has 30 heavy (non-hydrogen) atoms. The first kappa shape index (κ1) is 19.7. The summed E-state index contributed by atoms with van der Waals surface area (Å²) < 4.78 is 6.25. The molecule has 3 N–H and O–H groups in total. The van der Waals surface area contributed by atoms with Gasteiger partial charge in [-0.3, -0.25) is 4.79 Å². The van der Waals surface area contributed by atoms with E-state index in [-0.39, 0.29) is 12.3 Å². The molecular formula is C21H16N4O3S2. The molecule has 1 amide bonds. The van der Waals surface area contributed by atoms with Crippen molar-refractivity contribution < 1.29 is 14.3 Å². The average Bonchev–Trinajstić information content (AvgIpc) is 3.38. The summed E-state index contributed by atoms with van der Waals surface area (Å²) in [5, 5.41) is 6.30. The number of nitrogens with zero attached hydrogens (tertiary/aromatic N) is 2. The minimum Gasteiger partial charge on any atom is -0.422 e. The number of esters is 1. The lowest BCUT2D eigenvalue weighted by atomic mass is 10.1. The highest BCUT2D eigenvalue weighted by Crippen LogP contribution is 2.24. The summed E-state index contributed by atoms with van der Waals surface area (Å²) in [5.41, 5.74) is 10.6. The normalized spacial score (nSPS) is 11.1. The molecule has 4 rings (SSSR count). The number of benzene rings is 2. The van der Waals surface area contributed by atoms with Crippen LogP contribution in [0.2, 0.25) is 0 Å². The van der Waals surface area contributed by atoms with Gasteiger partial charge in [-0.1, -0.05) is 23.5 Å². The molecule has 0 saturated carbocycles. The standard InChI is InChI=1S/C21H16N4O3S2/c22-21-24-16-8-5-14(10-18(16)30-21)11-19(26)25-23-12-13-3-6-15(7-4-13)28-20(27)17-2-1-9-29-17/h1-10,12H,11H2,(H2,22,24)(H,25,26)/b23-12-. The van der Waals surface area contributed by atoms with Crippen LogP contribution in [0.15, 0.2) is 65.1 Å². The molecule has 0 aliphatic carbocycles. The van der Waals surface area contributed by atoms with Crippen LogP contribution in [0.3, 0.4) is 0 Å². The van der Waals surface area contributed by atoms with Crippen molar-refractivity contribution in [1.29, 1.82) is 0 Å². The highest BCUT2D eigenvalue weighted by atomic mass is 32.1. The fourth-order valence-electron chi connectivity index (χ4n) is 2.67. The molecule has 0 spiro atoms. The number of fused-ring (bicyclic) bond motifs is 1. The molecule has 2 heterocycles. The average molecular weight is 437 g/mol. The maximum atomic E-state index is 12.1. The second kappa shape index (κ2) is 8.85. The fourth-order valence-corrected chi connectivity index (χ4v) is 4.07. The molecule has 150 valence electrons. The molecule has 0 aliphatic heterocycles. The Kier molecular flexibility index (Phi) is 5.82. The predicted molar refractivity (Wildman–Crippen MR) is 119 cm³/mol. The van der Waals surface area contributed by atoms with Crippen molar-refractivity contribution >= 4 is 56.1 Å². The lowest BCUT2D eigenvalue weighted by Crippen LogP contribution is -2.19. The van der Waals surface area contributed by atoms with E-state index in [1.165, 1.54) is 28.9 Å². The first-order valence-corrected chi connectivity index (χ1v) is 10.6. The molecule has 0 aliphatic rings. The zero-order chi connectivity index (χ0) is 20.9. The molecule has 4 aromatic rings. The topological polar surface area (TPSA) is 107 Å². The van der Waals surface area contributed by atoms with Crippen LogP contribution in [-0.2, 0) is 11.2 Å². The minimum absolute atomic E-state index is 0.197. The van der Waals surface area contributed by atoms with Gasteiger partial charge in [0, 0.05) is 0 Å². The van der Waals surface area contributed by atoms with Crippen molar-refractivity contribution in [1.82, 2.24) is 10.4 Å². The minimum atomic E-state index is -0.391. The molecule has 7 nitrogen and oxygen atoms in total. The molecule has 0 radical (unpaired) electrons. The van der Waals surface area contributed by atoms with Crippen molar-refractivity contribution in [3.63, 3.8) is 0 Å². The van der Waals surface area contributed by atoms with Gasteiger partial charge in [0.15, 0.2) is 5.13 Å². The van der Waals surface area contributed by atoms with E-state index in [0.29, 0.717) is 15.8 Å². The molecule has 9 heteroatoms. The molecular weight excluding hydrogens is 420 g/mol. The third kappa shape index (κ3) is 4.88. The number of carbonyl (C=O) groups excluding carboxylic acids is 2. The van der Waals surface area contributed by atoms with Crippen molar-refractivity contribution in [2.45, 2.75) is 6.42 Å². The molecule has 0 fully saturated rings. The van der Waals surface area contributed by atoms with Gasteiger partial charge in [0.2, 0.25) is 5.91 Å². The number of aromatic nitrogens is 1. The molecule has 2 aromatic carbocycles. The largest absolute Gasteiger partial charge is 0.422 e. The predicted octanol–water partition coefficient (Wildman–Crippen LogP) is 3.85. The Labute approximate surface area is 179 Å². The van der Waals surface area contributed by atoms with Crippen LogP contribution in [0.5, 0.6) is 5.75 Å². The number of carbonyl (C=O) groups is 2. The van der Waals surface area contributed by atoms with Gasteiger partial charge in [-0.2, -0.15) is 5.10 Å². The van der Waals surface area contributed by atoms with Crippen molar-refractivity contribution in [3.05, 3.63) is 76.0 Å². The monoisotopic (exact) mass is 436 g/mol. The van der Waals surface area contributed by atoms with Crippen LogP contribution in [0.4, 0.5) is 5.13 Å². The van der Waals surface area contributed by atoms with Gasteiger partial charge in [-0.25, -0.2) is 15.2 Å². The zero-order valence-corrected chi connectivity index (χ0v) is 17.2. The molecule has 0 unspecified atom stereocenters. The molecule has 2 aromatic heterocycles.